The minimum atomic E-state index is -0.385. The van der Waals surface area contributed by atoms with E-state index in [-0.39, 0.29) is 17.1 Å². The van der Waals surface area contributed by atoms with E-state index in [1.54, 1.807) is 11.0 Å². The number of amides is 1. The highest BCUT2D eigenvalue weighted by Crippen LogP contribution is 2.30. The first-order chi connectivity index (χ1) is 9.43. The van der Waals surface area contributed by atoms with E-state index in [1.807, 2.05) is 13.8 Å². The van der Waals surface area contributed by atoms with Crippen LogP contribution in [0.1, 0.15) is 38.7 Å². The smallest absolute Gasteiger partial charge is 0.227 e. The van der Waals surface area contributed by atoms with Gasteiger partial charge in [0.15, 0.2) is 0 Å². The molecule has 2 rings (SSSR count). The fourth-order valence-corrected chi connectivity index (χ4v) is 2.49. The van der Waals surface area contributed by atoms with E-state index in [9.17, 15) is 9.18 Å². The topological polar surface area (TPSA) is 44.1 Å². The van der Waals surface area contributed by atoms with Gasteiger partial charge in [0.2, 0.25) is 5.91 Å². The Bertz CT molecular complexity index is 560. The van der Waals surface area contributed by atoms with Crippen molar-refractivity contribution in [3.05, 3.63) is 29.6 Å². The van der Waals surface area contributed by atoms with Crippen molar-refractivity contribution < 1.29 is 9.18 Å². The summed E-state index contributed by atoms with van der Waals surface area (Å²) in [6.45, 7) is 4.32. The van der Waals surface area contributed by atoms with Gasteiger partial charge in [-0.25, -0.2) is 4.39 Å². The molecule has 20 heavy (non-hydrogen) atoms. The van der Waals surface area contributed by atoms with E-state index in [0.29, 0.717) is 25.1 Å². The largest absolute Gasteiger partial charge is 0.312 e. The van der Waals surface area contributed by atoms with E-state index < -0.39 is 0 Å². The molecule has 106 valence electrons. The lowest BCUT2D eigenvalue weighted by atomic mass is 9.89. The van der Waals surface area contributed by atoms with E-state index >= 15 is 0 Å². The van der Waals surface area contributed by atoms with Crippen molar-refractivity contribution >= 4 is 11.6 Å². The average molecular weight is 274 g/mol. The summed E-state index contributed by atoms with van der Waals surface area (Å²) in [6, 6.07) is 6.88. The van der Waals surface area contributed by atoms with Crippen LogP contribution in [0.15, 0.2) is 18.2 Å². The molecule has 3 nitrogen and oxygen atoms in total. The quantitative estimate of drug-likeness (QED) is 0.844. The summed E-state index contributed by atoms with van der Waals surface area (Å²) < 4.78 is 13.4. The summed E-state index contributed by atoms with van der Waals surface area (Å²) in [7, 11) is 0. The number of hydrogen-bond donors (Lipinski definition) is 0. The average Bonchev–Trinajstić information content (AvgIpc) is 2.41. The third-order valence-electron chi connectivity index (χ3n) is 3.73. The van der Waals surface area contributed by atoms with Crippen molar-refractivity contribution in [2.24, 2.45) is 5.41 Å². The zero-order valence-electron chi connectivity index (χ0n) is 11.9. The van der Waals surface area contributed by atoms with Gasteiger partial charge in [0.1, 0.15) is 5.82 Å². The predicted molar refractivity (Wildman–Crippen MR) is 75.7 cm³/mol. The van der Waals surface area contributed by atoms with Gasteiger partial charge in [0, 0.05) is 18.7 Å². The molecule has 1 aliphatic heterocycles. The Morgan fingerprint density at radius 3 is 2.85 bits per heavy atom. The van der Waals surface area contributed by atoms with Crippen LogP contribution in [-0.4, -0.2) is 12.5 Å². The van der Waals surface area contributed by atoms with E-state index in [2.05, 4.69) is 6.07 Å². The molecule has 0 radical (unpaired) electrons. The molecule has 1 aromatic carbocycles. The van der Waals surface area contributed by atoms with Crippen LogP contribution < -0.4 is 4.90 Å². The number of hydrogen-bond acceptors (Lipinski definition) is 2. The molecule has 0 aromatic heterocycles. The lowest BCUT2D eigenvalue weighted by Crippen LogP contribution is -2.36. The molecule has 0 N–H and O–H groups in total. The van der Waals surface area contributed by atoms with Crippen LogP contribution in [0.5, 0.6) is 0 Å². The first-order valence-electron chi connectivity index (χ1n) is 6.93. The van der Waals surface area contributed by atoms with E-state index in [1.165, 1.54) is 12.1 Å². The zero-order chi connectivity index (χ0) is 14.8. The van der Waals surface area contributed by atoms with Gasteiger partial charge in [-0.15, -0.1) is 0 Å². The first kappa shape index (κ1) is 14.5. The lowest BCUT2D eigenvalue weighted by molar-refractivity contribution is -0.118. The third kappa shape index (κ3) is 3.16. The summed E-state index contributed by atoms with van der Waals surface area (Å²) in [5, 5.41) is 9.00. The van der Waals surface area contributed by atoms with Gasteiger partial charge in [-0.1, -0.05) is 6.07 Å². The Kier molecular flexibility index (Phi) is 4.08. The number of aryl methyl sites for hydroxylation is 1. The maximum Gasteiger partial charge on any atom is 0.227 e. The molecule has 0 spiro atoms. The highest BCUT2D eigenvalue weighted by Gasteiger charge is 2.25. The van der Waals surface area contributed by atoms with Crippen molar-refractivity contribution in [2.75, 3.05) is 11.4 Å². The Morgan fingerprint density at radius 1 is 1.40 bits per heavy atom. The maximum atomic E-state index is 13.4. The summed E-state index contributed by atoms with van der Waals surface area (Å²) in [5.74, 6) is -0.279. The van der Waals surface area contributed by atoms with Gasteiger partial charge in [-0.05, 0) is 50.8 Å². The number of nitrogens with zero attached hydrogens (tertiary/aromatic N) is 2. The van der Waals surface area contributed by atoms with Crippen molar-refractivity contribution in [3.63, 3.8) is 0 Å². The first-order valence-corrected chi connectivity index (χ1v) is 6.93. The highest BCUT2D eigenvalue weighted by molar-refractivity contribution is 5.96. The molecule has 1 aliphatic rings. The van der Waals surface area contributed by atoms with E-state index in [4.69, 9.17) is 5.26 Å². The molecule has 0 bridgehead atoms. The summed E-state index contributed by atoms with van der Waals surface area (Å²) in [6.07, 6.45) is 2.61. The van der Waals surface area contributed by atoms with Gasteiger partial charge in [-0.3, -0.25) is 4.79 Å². The number of nitriles is 1. The number of anilines is 1. The van der Waals surface area contributed by atoms with Crippen LogP contribution in [0.2, 0.25) is 0 Å². The van der Waals surface area contributed by atoms with Gasteiger partial charge >= 0.3 is 0 Å². The van der Waals surface area contributed by atoms with E-state index in [0.717, 1.165) is 18.4 Å². The van der Waals surface area contributed by atoms with Crippen molar-refractivity contribution in [2.45, 2.75) is 39.5 Å². The Labute approximate surface area is 119 Å². The van der Waals surface area contributed by atoms with Crippen LogP contribution in [0.4, 0.5) is 10.1 Å². The Hall–Kier alpha value is -1.89. The minimum absolute atomic E-state index is 0.0397. The monoisotopic (exact) mass is 274 g/mol. The summed E-state index contributed by atoms with van der Waals surface area (Å²) >= 11 is 0. The molecular weight excluding hydrogens is 255 g/mol. The SMILES string of the molecule is CC(C)(C#N)CCCN1C(=O)CCc2ccc(F)cc21. The molecule has 0 atom stereocenters. The molecule has 1 aromatic rings. The van der Waals surface area contributed by atoms with Gasteiger partial charge in [0.05, 0.1) is 11.5 Å². The lowest BCUT2D eigenvalue weighted by Gasteiger charge is -2.30. The second-order valence-corrected chi connectivity index (χ2v) is 5.92. The number of halogens is 1. The standard InChI is InChI=1S/C16H19FN2O/c1-16(2,11-18)8-3-9-19-14-10-13(17)6-4-12(14)5-7-15(19)20/h4,6,10H,3,5,7-9H2,1-2H3. The molecule has 4 heteroatoms. The number of carbonyl (C=O) groups is 1. The summed E-state index contributed by atoms with van der Waals surface area (Å²) in [5.41, 5.74) is 1.32. The minimum Gasteiger partial charge on any atom is -0.312 e. The molecule has 0 saturated carbocycles. The van der Waals surface area contributed by atoms with Gasteiger partial charge in [0.25, 0.3) is 0 Å². The van der Waals surface area contributed by atoms with Crippen molar-refractivity contribution in [1.82, 2.24) is 0 Å². The van der Waals surface area contributed by atoms with Crippen molar-refractivity contribution in [3.8, 4) is 6.07 Å². The van der Waals surface area contributed by atoms with Crippen molar-refractivity contribution in [1.29, 1.82) is 5.26 Å². The molecule has 0 saturated heterocycles. The fraction of sp³-hybridized carbons (Fsp3) is 0.500. The van der Waals surface area contributed by atoms with Crippen LogP contribution in [0, 0.1) is 22.6 Å². The molecular formula is C16H19FN2O. The highest BCUT2D eigenvalue weighted by atomic mass is 19.1. The predicted octanol–water partition coefficient (Wildman–Crippen LogP) is 3.43. The number of benzene rings is 1. The third-order valence-corrected chi connectivity index (χ3v) is 3.73. The number of carbonyl (C=O) groups excluding carboxylic acids is 1. The molecule has 0 fully saturated rings. The molecule has 0 aliphatic carbocycles. The second kappa shape index (κ2) is 5.62. The fourth-order valence-electron chi connectivity index (χ4n) is 2.49. The number of fused-ring (bicyclic) bond motifs is 1. The van der Waals surface area contributed by atoms with Gasteiger partial charge in [-0.2, -0.15) is 5.26 Å². The molecule has 0 unspecified atom stereocenters. The molecule has 1 heterocycles. The van der Waals surface area contributed by atoms with Crippen LogP contribution in [0.3, 0.4) is 0 Å². The zero-order valence-corrected chi connectivity index (χ0v) is 11.9. The van der Waals surface area contributed by atoms with Crippen LogP contribution in [0.25, 0.3) is 0 Å². The van der Waals surface area contributed by atoms with Crippen LogP contribution >= 0.6 is 0 Å². The normalized spacial score (nSPS) is 14.9. The Balaban J connectivity index is 2.10. The van der Waals surface area contributed by atoms with Gasteiger partial charge < -0.3 is 4.90 Å². The summed E-state index contributed by atoms with van der Waals surface area (Å²) in [4.78, 5) is 13.7. The maximum absolute atomic E-state index is 13.4. The van der Waals surface area contributed by atoms with Crippen LogP contribution in [-0.2, 0) is 11.2 Å². The Morgan fingerprint density at radius 2 is 2.15 bits per heavy atom. The molecule has 1 amide bonds. The second-order valence-electron chi connectivity index (χ2n) is 5.92. The number of rotatable bonds is 4.